The monoisotopic (exact) mass is 242 g/mol. The van der Waals surface area contributed by atoms with Crippen LogP contribution in [0.2, 0.25) is 0 Å². The molecule has 0 aliphatic heterocycles. The van der Waals surface area contributed by atoms with Crippen LogP contribution in [-0.2, 0) is 4.79 Å². The summed E-state index contributed by atoms with van der Waals surface area (Å²) in [5.74, 6) is 0.566. The molecule has 1 aliphatic carbocycles. The van der Waals surface area contributed by atoms with Crippen molar-refractivity contribution in [3.05, 3.63) is 0 Å². The van der Waals surface area contributed by atoms with Gasteiger partial charge in [0.2, 0.25) is 5.91 Å². The highest BCUT2D eigenvalue weighted by Gasteiger charge is 2.35. The van der Waals surface area contributed by atoms with Gasteiger partial charge in [-0.2, -0.15) is 0 Å². The van der Waals surface area contributed by atoms with Crippen molar-refractivity contribution in [2.75, 3.05) is 13.2 Å². The quantitative estimate of drug-likeness (QED) is 0.675. The summed E-state index contributed by atoms with van der Waals surface area (Å²) in [6.45, 7) is 6.58. The molecular formula is C13H26N2O2. The molecule has 0 radical (unpaired) electrons. The van der Waals surface area contributed by atoms with Crippen molar-refractivity contribution in [2.45, 2.75) is 58.0 Å². The van der Waals surface area contributed by atoms with Gasteiger partial charge in [0.1, 0.15) is 0 Å². The molecule has 2 unspecified atom stereocenters. The van der Waals surface area contributed by atoms with E-state index >= 15 is 0 Å². The molecule has 0 spiro atoms. The number of hydrogen-bond acceptors (Lipinski definition) is 3. The maximum Gasteiger partial charge on any atom is 0.234 e. The molecule has 3 N–H and O–H groups in total. The summed E-state index contributed by atoms with van der Waals surface area (Å²) >= 11 is 0. The third-order valence-corrected chi connectivity index (χ3v) is 3.47. The van der Waals surface area contributed by atoms with Gasteiger partial charge >= 0.3 is 0 Å². The van der Waals surface area contributed by atoms with Crippen molar-refractivity contribution < 1.29 is 9.90 Å². The van der Waals surface area contributed by atoms with Gasteiger partial charge in [0.25, 0.3) is 0 Å². The second-order valence-corrected chi connectivity index (χ2v) is 5.72. The topological polar surface area (TPSA) is 61.4 Å². The lowest BCUT2D eigenvalue weighted by Gasteiger charge is -2.39. The number of rotatable bonds is 5. The first kappa shape index (κ1) is 14.5. The van der Waals surface area contributed by atoms with Gasteiger partial charge in [-0.1, -0.05) is 33.6 Å². The molecule has 0 heterocycles. The Bertz CT molecular complexity index is 256. The molecule has 2 atom stereocenters. The van der Waals surface area contributed by atoms with Crippen LogP contribution in [0.25, 0.3) is 0 Å². The minimum absolute atomic E-state index is 0.0122. The minimum Gasteiger partial charge on any atom is -0.394 e. The van der Waals surface area contributed by atoms with Gasteiger partial charge in [-0.15, -0.1) is 0 Å². The first-order chi connectivity index (χ1) is 7.97. The fourth-order valence-corrected chi connectivity index (χ4v) is 2.59. The summed E-state index contributed by atoms with van der Waals surface area (Å²) < 4.78 is 0. The van der Waals surface area contributed by atoms with E-state index in [9.17, 15) is 9.90 Å². The summed E-state index contributed by atoms with van der Waals surface area (Å²) in [7, 11) is 0. The molecule has 1 amide bonds. The highest BCUT2D eigenvalue weighted by Crippen LogP contribution is 2.31. The van der Waals surface area contributed by atoms with Crippen LogP contribution in [0.15, 0.2) is 0 Å². The van der Waals surface area contributed by atoms with Crippen molar-refractivity contribution >= 4 is 5.91 Å². The first-order valence-electron chi connectivity index (χ1n) is 6.63. The number of carbonyl (C=O) groups excluding carboxylic acids is 1. The van der Waals surface area contributed by atoms with E-state index in [0.717, 1.165) is 19.3 Å². The summed E-state index contributed by atoms with van der Waals surface area (Å²) in [6.07, 6.45) is 4.06. The molecule has 0 aromatic rings. The predicted molar refractivity (Wildman–Crippen MR) is 68.7 cm³/mol. The average Bonchev–Trinajstić information content (AvgIpc) is 2.26. The SMILES string of the molecule is CC1CCCC(CO)(NC(=O)CNC(C)C)C1. The van der Waals surface area contributed by atoms with Gasteiger partial charge < -0.3 is 15.7 Å². The Morgan fingerprint density at radius 1 is 1.53 bits per heavy atom. The Kier molecular flexibility index (Phi) is 5.40. The van der Waals surface area contributed by atoms with Crippen LogP contribution >= 0.6 is 0 Å². The zero-order chi connectivity index (χ0) is 12.9. The van der Waals surface area contributed by atoms with E-state index in [0.29, 0.717) is 18.5 Å². The summed E-state index contributed by atoms with van der Waals surface area (Å²) in [4.78, 5) is 11.8. The molecule has 17 heavy (non-hydrogen) atoms. The molecule has 1 rings (SSSR count). The van der Waals surface area contributed by atoms with Gasteiger partial charge in [-0.3, -0.25) is 4.79 Å². The molecular weight excluding hydrogens is 216 g/mol. The molecule has 4 nitrogen and oxygen atoms in total. The molecule has 100 valence electrons. The van der Waals surface area contributed by atoms with Crippen LogP contribution in [-0.4, -0.2) is 35.7 Å². The van der Waals surface area contributed by atoms with E-state index in [4.69, 9.17) is 0 Å². The van der Waals surface area contributed by atoms with E-state index in [2.05, 4.69) is 17.6 Å². The van der Waals surface area contributed by atoms with E-state index in [1.807, 2.05) is 13.8 Å². The van der Waals surface area contributed by atoms with E-state index < -0.39 is 0 Å². The molecule has 0 bridgehead atoms. The number of amides is 1. The van der Waals surface area contributed by atoms with E-state index in [1.54, 1.807) is 0 Å². The van der Waals surface area contributed by atoms with Crippen LogP contribution < -0.4 is 10.6 Å². The molecule has 4 heteroatoms. The first-order valence-corrected chi connectivity index (χ1v) is 6.63. The van der Waals surface area contributed by atoms with Crippen LogP contribution in [0.5, 0.6) is 0 Å². The van der Waals surface area contributed by atoms with Gasteiger partial charge in [-0.25, -0.2) is 0 Å². The summed E-state index contributed by atoms with van der Waals surface area (Å²) in [6, 6.07) is 0.302. The number of hydrogen-bond donors (Lipinski definition) is 3. The molecule has 0 aromatic heterocycles. The third kappa shape index (κ3) is 4.64. The van der Waals surface area contributed by atoms with Crippen LogP contribution in [0, 0.1) is 5.92 Å². The number of nitrogens with one attached hydrogen (secondary N) is 2. The third-order valence-electron chi connectivity index (χ3n) is 3.47. The van der Waals surface area contributed by atoms with Gasteiger partial charge in [0, 0.05) is 6.04 Å². The normalized spacial score (nSPS) is 29.4. The number of aliphatic hydroxyl groups excluding tert-OH is 1. The zero-order valence-electron chi connectivity index (χ0n) is 11.3. The smallest absolute Gasteiger partial charge is 0.234 e. The molecule has 0 saturated heterocycles. The van der Waals surface area contributed by atoms with Crippen molar-refractivity contribution in [1.82, 2.24) is 10.6 Å². The number of aliphatic hydroxyl groups is 1. The number of carbonyl (C=O) groups is 1. The molecule has 1 saturated carbocycles. The molecule has 1 fully saturated rings. The Hall–Kier alpha value is -0.610. The van der Waals surface area contributed by atoms with Crippen molar-refractivity contribution in [3.63, 3.8) is 0 Å². The second kappa shape index (κ2) is 6.36. The highest BCUT2D eigenvalue weighted by molar-refractivity contribution is 5.78. The Labute approximate surface area is 104 Å². The summed E-state index contributed by atoms with van der Waals surface area (Å²) in [5, 5.41) is 15.7. The van der Waals surface area contributed by atoms with E-state index in [1.165, 1.54) is 6.42 Å². The maximum absolute atomic E-state index is 11.8. The van der Waals surface area contributed by atoms with Crippen LogP contribution in [0.1, 0.15) is 46.5 Å². The fraction of sp³-hybridized carbons (Fsp3) is 0.923. The fourth-order valence-electron chi connectivity index (χ4n) is 2.59. The molecule has 0 aromatic carbocycles. The lowest BCUT2D eigenvalue weighted by atomic mass is 9.77. The standard InChI is InChI=1S/C13H26N2O2/c1-10(2)14-8-12(17)15-13(9-16)6-4-5-11(3)7-13/h10-11,14,16H,4-9H2,1-3H3,(H,15,17). The average molecular weight is 242 g/mol. The Morgan fingerprint density at radius 2 is 2.24 bits per heavy atom. The van der Waals surface area contributed by atoms with Gasteiger partial charge in [-0.05, 0) is 18.8 Å². The van der Waals surface area contributed by atoms with Crippen LogP contribution in [0.4, 0.5) is 0 Å². The van der Waals surface area contributed by atoms with Crippen molar-refractivity contribution in [2.24, 2.45) is 5.92 Å². The zero-order valence-corrected chi connectivity index (χ0v) is 11.3. The van der Waals surface area contributed by atoms with Crippen molar-refractivity contribution in [3.8, 4) is 0 Å². The largest absolute Gasteiger partial charge is 0.394 e. The molecule has 1 aliphatic rings. The Morgan fingerprint density at radius 3 is 2.76 bits per heavy atom. The predicted octanol–water partition coefficient (Wildman–Crippen LogP) is 1.04. The summed E-state index contributed by atoms with van der Waals surface area (Å²) in [5.41, 5.74) is -0.382. The maximum atomic E-state index is 11.8. The lowest BCUT2D eigenvalue weighted by Crippen LogP contribution is -2.55. The van der Waals surface area contributed by atoms with Gasteiger partial charge in [0.05, 0.1) is 18.7 Å². The van der Waals surface area contributed by atoms with Crippen molar-refractivity contribution in [1.29, 1.82) is 0 Å². The van der Waals surface area contributed by atoms with Crippen LogP contribution in [0.3, 0.4) is 0 Å². The lowest BCUT2D eigenvalue weighted by molar-refractivity contribution is -0.123. The van der Waals surface area contributed by atoms with E-state index in [-0.39, 0.29) is 18.1 Å². The van der Waals surface area contributed by atoms with Gasteiger partial charge in [0.15, 0.2) is 0 Å². The minimum atomic E-state index is -0.382. The highest BCUT2D eigenvalue weighted by atomic mass is 16.3. The second-order valence-electron chi connectivity index (χ2n) is 5.72. The Balaban J connectivity index is 2.47.